The van der Waals surface area contributed by atoms with Crippen LogP contribution < -0.4 is 9.47 Å². The minimum Gasteiger partial charge on any atom is -0.497 e. The molecule has 0 unspecified atom stereocenters. The van der Waals surface area contributed by atoms with Gasteiger partial charge in [-0.25, -0.2) is 0 Å². The van der Waals surface area contributed by atoms with Crippen molar-refractivity contribution in [3.63, 3.8) is 0 Å². The number of nitrogens with zero attached hydrogens (tertiary/aromatic N) is 3. The lowest BCUT2D eigenvalue weighted by atomic mass is 10.2. The molecule has 0 saturated heterocycles. The fraction of sp³-hybridized carbons (Fsp3) is 0.286. The number of hydrogen-bond donors (Lipinski definition) is 0. The average molecular weight is 381 g/mol. The van der Waals surface area contributed by atoms with Crippen molar-refractivity contribution in [2.75, 3.05) is 20.8 Å². The van der Waals surface area contributed by atoms with Crippen LogP contribution in [0.1, 0.15) is 18.7 Å². The van der Waals surface area contributed by atoms with Gasteiger partial charge in [0, 0.05) is 19.0 Å². The van der Waals surface area contributed by atoms with Gasteiger partial charge in [-0.05, 0) is 42.8 Å². The molecular formula is C21H23N3O4. The van der Waals surface area contributed by atoms with Crippen LogP contribution in [0.15, 0.2) is 59.1 Å². The molecule has 1 heterocycles. The topological polar surface area (TPSA) is 77.7 Å². The number of methoxy groups -OCH3 is 1. The van der Waals surface area contributed by atoms with Crippen molar-refractivity contribution in [3.8, 4) is 22.9 Å². The van der Waals surface area contributed by atoms with Crippen LogP contribution in [0.25, 0.3) is 11.4 Å². The average Bonchev–Trinajstić information content (AvgIpc) is 3.20. The third kappa shape index (κ3) is 5.33. The Bertz CT molecular complexity index is 878. The maximum absolute atomic E-state index is 12.3. The van der Waals surface area contributed by atoms with Gasteiger partial charge in [-0.15, -0.1) is 0 Å². The number of hydrogen-bond acceptors (Lipinski definition) is 6. The molecule has 0 aliphatic rings. The number of para-hydroxylation sites is 1. The zero-order valence-electron chi connectivity index (χ0n) is 16.0. The van der Waals surface area contributed by atoms with Gasteiger partial charge in [0.25, 0.3) is 0 Å². The molecule has 0 N–H and O–H groups in total. The minimum atomic E-state index is 0.000796. The SMILES string of the molecule is COc1ccc(-c2noc(CN(C)C(=O)CCCOc3ccccc3)n2)cc1. The first-order valence-corrected chi connectivity index (χ1v) is 9.04. The molecule has 3 aromatic rings. The van der Waals surface area contributed by atoms with Crippen molar-refractivity contribution in [2.24, 2.45) is 0 Å². The molecule has 146 valence electrons. The van der Waals surface area contributed by atoms with E-state index in [9.17, 15) is 4.79 Å². The minimum absolute atomic E-state index is 0.000796. The highest BCUT2D eigenvalue weighted by atomic mass is 16.5. The van der Waals surface area contributed by atoms with Gasteiger partial charge in [0.1, 0.15) is 11.5 Å². The summed E-state index contributed by atoms with van der Waals surface area (Å²) in [7, 11) is 3.33. The molecule has 0 saturated carbocycles. The largest absolute Gasteiger partial charge is 0.497 e. The first-order chi connectivity index (χ1) is 13.7. The van der Waals surface area contributed by atoms with E-state index in [0.29, 0.717) is 31.2 Å². The highest BCUT2D eigenvalue weighted by molar-refractivity contribution is 5.75. The van der Waals surface area contributed by atoms with E-state index in [2.05, 4.69) is 10.1 Å². The Labute approximate surface area is 163 Å². The highest BCUT2D eigenvalue weighted by Crippen LogP contribution is 2.20. The second-order valence-electron chi connectivity index (χ2n) is 6.26. The van der Waals surface area contributed by atoms with Crippen molar-refractivity contribution in [3.05, 3.63) is 60.5 Å². The van der Waals surface area contributed by atoms with Crippen molar-refractivity contribution >= 4 is 5.91 Å². The second-order valence-corrected chi connectivity index (χ2v) is 6.26. The molecule has 0 aliphatic carbocycles. The second kappa shape index (κ2) is 9.55. The van der Waals surface area contributed by atoms with Crippen LogP contribution in [0, 0.1) is 0 Å². The standard InChI is InChI=1S/C21H23N3O4/c1-24(20(25)9-6-14-27-18-7-4-3-5-8-18)15-19-22-21(23-28-19)16-10-12-17(26-2)13-11-16/h3-5,7-8,10-13H,6,9,14-15H2,1-2H3. The van der Waals surface area contributed by atoms with Crippen molar-refractivity contribution in [2.45, 2.75) is 19.4 Å². The van der Waals surface area contributed by atoms with Crippen LogP contribution in [0.3, 0.4) is 0 Å². The predicted octanol–water partition coefficient (Wildman–Crippen LogP) is 3.56. The van der Waals surface area contributed by atoms with E-state index in [-0.39, 0.29) is 12.5 Å². The molecule has 0 aliphatic heterocycles. The molecule has 1 amide bonds. The fourth-order valence-electron chi connectivity index (χ4n) is 2.59. The molecule has 0 bridgehead atoms. The maximum Gasteiger partial charge on any atom is 0.246 e. The highest BCUT2D eigenvalue weighted by Gasteiger charge is 2.14. The Balaban J connectivity index is 1.45. The number of aromatic nitrogens is 2. The van der Waals surface area contributed by atoms with Gasteiger partial charge in [-0.1, -0.05) is 23.4 Å². The number of ether oxygens (including phenoxy) is 2. The summed E-state index contributed by atoms with van der Waals surface area (Å²) in [5, 5.41) is 3.98. The zero-order valence-corrected chi connectivity index (χ0v) is 16.0. The first-order valence-electron chi connectivity index (χ1n) is 9.04. The van der Waals surface area contributed by atoms with Gasteiger partial charge in [0.15, 0.2) is 0 Å². The number of amides is 1. The lowest BCUT2D eigenvalue weighted by Crippen LogP contribution is -2.26. The van der Waals surface area contributed by atoms with Crippen LogP contribution in [0.5, 0.6) is 11.5 Å². The summed E-state index contributed by atoms with van der Waals surface area (Å²) in [5.41, 5.74) is 0.822. The summed E-state index contributed by atoms with van der Waals surface area (Å²) in [6.07, 6.45) is 1.03. The van der Waals surface area contributed by atoms with Crippen LogP contribution in [0.4, 0.5) is 0 Å². The van der Waals surface area contributed by atoms with Gasteiger partial charge >= 0.3 is 0 Å². The quantitative estimate of drug-likeness (QED) is 0.528. The van der Waals surface area contributed by atoms with Crippen LogP contribution in [-0.4, -0.2) is 41.7 Å². The normalized spacial score (nSPS) is 10.5. The summed E-state index contributed by atoms with van der Waals surface area (Å²) in [6.45, 7) is 0.757. The Hall–Kier alpha value is -3.35. The van der Waals surface area contributed by atoms with E-state index >= 15 is 0 Å². The molecule has 2 aromatic carbocycles. The Morgan fingerprint density at radius 3 is 2.54 bits per heavy atom. The third-order valence-electron chi connectivity index (χ3n) is 4.16. The zero-order chi connectivity index (χ0) is 19.8. The van der Waals surface area contributed by atoms with Crippen molar-refractivity contribution in [1.82, 2.24) is 15.0 Å². The molecule has 28 heavy (non-hydrogen) atoms. The van der Waals surface area contributed by atoms with E-state index in [4.69, 9.17) is 14.0 Å². The predicted molar refractivity (Wildman–Crippen MR) is 104 cm³/mol. The monoisotopic (exact) mass is 381 g/mol. The van der Waals surface area contributed by atoms with E-state index in [0.717, 1.165) is 17.1 Å². The summed E-state index contributed by atoms with van der Waals surface area (Å²) >= 11 is 0. The smallest absolute Gasteiger partial charge is 0.246 e. The summed E-state index contributed by atoms with van der Waals surface area (Å²) in [5.74, 6) is 2.44. The maximum atomic E-state index is 12.3. The molecule has 0 radical (unpaired) electrons. The Morgan fingerprint density at radius 2 is 1.82 bits per heavy atom. The van der Waals surface area contributed by atoms with Crippen molar-refractivity contribution < 1.29 is 18.8 Å². The van der Waals surface area contributed by atoms with E-state index < -0.39 is 0 Å². The van der Waals surface area contributed by atoms with E-state index in [1.54, 1.807) is 19.1 Å². The van der Waals surface area contributed by atoms with Crippen LogP contribution in [0.2, 0.25) is 0 Å². The number of benzene rings is 2. The molecule has 7 heteroatoms. The summed E-state index contributed by atoms with van der Waals surface area (Å²) < 4.78 is 16.0. The molecule has 7 nitrogen and oxygen atoms in total. The number of carbonyl (C=O) groups is 1. The van der Waals surface area contributed by atoms with Gasteiger partial charge in [-0.2, -0.15) is 4.98 Å². The van der Waals surface area contributed by atoms with Gasteiger partial charge in [0.05, 0.1) is 20.3 Å². The Kier molecular flexibility index (Phi) is 6.62. The van der Waals surface area contributed by atoms with Crippen molar-refractivity contribution in [1.29, 1.82) is 0 Å². The Morgan fingerprint density at radius 1 is 1.07 bits per heavy atom. The van der Waals surface area contributed by atoms with Crippen LogP contribution in [-0.2, 0) is 11.3 Å². The molecule has 1 aromatic heterocycles. The summed E-state index contributed by atoms with van der Waals surface area (Å²) in [6, 6.07) is 16.9. The van der Waals surface area contributed by atoms with Crippen LogP contribution >= 0.6 is 0 Å². The number of rotatable bonds is 9. The molecular weight excluding hydrogens is 358 g/mol. The van der Waals surface area contributed by atoms with E-state index in [1.165, 1.54) is 0 Å². The molecule has 3 rings (SSSR count). The number of carbonyl (C=O) groups excluding carboxylic acids is 1. The molecule has 0 atom stereocenters. The molecule has 0 fully saturated rings. The van der Waals surface area contributed by atoms with E-state index in [1.807, 2.05) is 54.6 Å². The lowest BCUT2D eigenvalue weighted by Gasteiger charge is -2.14. The molecule has 0 spiro atoms. The first kappa shape index (κ1) is 19.4. The summed E-state index contributed by atoms with van der Waals surface area (Å²) in [4.78, 5) is 18.2. The fourth-order valence-corrected chi connectivity index (χ4v) is 2.59. The van der Waals surface area contributed by atoms with Gasteiger partial charge < -0.3 is 18.9 Å². The van der Waals surface area contributed by atoms with Gasteiger partial charge in [-0.3, -0.25) is 4.79 Å². The van der Waals surface area contributed by atoms with Gasteiger partial charge in [0.2, 0.25) is 17.6 Å². The third-order valence-corrected chi connectivity index (χ3v) is 4.16. The lowest BCUT2D eigenvalue weighted by molar-refractivity contribution is -0.131.